The van der Waals surface area contributed by atoms with Crippen molar-refractivity contribution in [1.82, 2.24) is 25.1 Å². The lowest BCUT2D eigenvalue weighted by atomic mass is 9.98. The second-order valence-corrected chi connectivity index (χ2v) is 8.03. The molecule has 3 heterocycles. The van der Waals surface area contributed by atoms with Crippen LogP contribution in [0.4, 0.5) is 5.95 Å². The number of carbonyl (C=O) groups is 1. The quantitative estimate of drug-likeness (QED) is 0.639. The van der Waals surface area contributed by atoms with Crippen molar-refractivity contribution in [2.45, 2.75) is 38.0 Å². The minimum absolute atomic E-state index is 0. The van der Waals surface area contributed by atoms with Crippen molar-refractivity contribution < 1.29 is 4.79 Å². The van der Waals surface area contributed by atoms with Crippen molar-refractivity contribution in [3.63, 3.8) is 0 Å². The van der Waals surface area contributed by atoms with Gasteiger partial charge in [-0.1, -0.05) is 12.1 Å². The normalized spacial score (nSPS) is 14.8. The van der Waals surface area contributed by atoms with Gasteiger partial charge >= 0.3 is 0 Å². The third kappa shape index (κ3) is 4.87. The molecule has 1 aromatic carbocycles. The van der Waals surface area contributed by atoms with E-state index in [1.807, 2.05) is 25.2 Å². The van der Waals surface area contributed by atoms with Gasteiger partial charge in [0.05, 0.1) is 15.2 Å². The molecule has 1 aliphatic heterocycles. The summed E-state index contributed by atoms with van der Waals surface area (Å²) in [5, 5.41) is 11.8. The molecule has 2 aromatic heterocycles. The average Bonchev–Trinajstić information content (AvgIpc) is 3.26. The molecule has 1 amide bonds. The summed E-state index contributed by atoms with van der Waals surface area (Å²) in [5.41, 5.74) is 1.03. The Kier molecular flexibility index (Phi) is 6.98. The van der Waals surface area contributed by atoms with Crippen molar-refractivity contribution >= 4 is 45.8 Å². The van der Waals surface area contributed by atoms with Gasteiger partial charge in [0.1, 0.15) is 0 Å². The zero-order chi connectivity index (χ0) is 18.6. The molecule has 0 spiro atoms. The number of fused-ring (bicyclic) bond motifs is 1. The molecular weight excluding hydrogens is 396 g/mol. The molecule has 28 heavy (non-hydrogen) atoms. The number of hydrogen-bond donors (Lipinski definition) is 2. The number of rotatable bonds is 6. The molecular formula is C19H25ClN6OS. The number of piperidine rings is 1. The number of para-hydroxylation sites is 1. The first-order chi connectivity index (χ1) is 13.2. The maximum atomic E-state index is 12.3. The van der Waals surface area contributed by atoms with E-state index in [2.05, 4.69) is 31.8 Å². The predicted octanol–water partition coefficient (Wildman–Crippen LogP) is 3.28. The van der Waals surface area contributed by atoms with E-state index in [9.17, 15) is 4.79 Å². The van der Waals surface area contributed by atoms with Gasteiger partial charge in [-0.3, -0.25) is 10.1 Å². The Balaban J connectivity index is 0.00000225. The van der Waals surface area contributed by atoms with Gasteiger partial charge in [0.15, 0.2) is 5.82 Å². The summed E-state index contributed by atoms with van der Waals surface area (Å²) in [6, 6.07) is 8.13. The summed E-state index contributed by atoms with van der Waals surface area (Å²) in [6.45, 7) is 1.99. The van der Waals surface area contributed by atoms with Gasteiger partial charge in [-0.15, -0.1) is 23.7 Å². The highest BCUT2D eigenvalue weighted by Gasteiger charge is 2.21. The molecule has 1 fully saturated rings. The van der Waals surface area contributed by atoms with Crippen molar-refractivity contribution in [3.8, 4) is 0 Å². The fourth-order valence-electron chi connectivity index (χ4n) is 3.38. The summed E-state index contributed by atoms with van der Waals surface area (Å²) in [7, 11) is 1.83. The Labute approximate surface area is 174 Å². The Morgan fingerprint density at radius 3 is 2.86 bits per heavy atom. The number of aryl methyl sites for hydroxylation is 2. The van der Waals surface area contributed by atoms with Crippen LogP contribution in [0.2, 0.25) is 0 Å². The Bertz CT molecular complexity index is 901. The lowest BCUT2D eigenvalue weighted by molar-refractivity contribution is -0.116. The van der Waals surface area contributed by atoms with Gasteiger partial charge in [0.2, 0.25) is 11.9 Å². The van der Waals surface area contributed by atoms with Crippen LogP contribution in [0, 0.1) is 0 Å². The second kappa shape index (κ2) is 9.45. The molecule has 1 aliphatic rings. The molecule has 0 unspecified atom stereocenters. The summed E-state index contributed by atoms with van der Waals surface area (Å²) in [4.78, 5) is 21.5. The van der Waals surface area contributed by atoms with Crippen LogP contribution in [0.25, 0.3) is 10.2 Å². The third-order valence-electron chi connectivity index (χ3n) is 4.87. The van der Waals surface area contributed by atoms with E-state index in [0.29, 0.717) is 18.3 Å². The van der Waals surface area contributed by atoms with Gasteiger partial charge in [0.25, 0.3) is 0 Å². The average molecular weight is 421 g/mol. The lowest BCUT2D eigenvalue weighted by Gasteiger charge is -2.19. The van der Waals surface area contributed by atoms with E-state index < -0.39 is 0 Å². The van der Waals surface area contributed by atoms with E-state index in [-0.39, 0.29) is 18.3 Å². The zero-order valence-corrected chi connectivity index (χ0v) is 17.5. The van der Waals surface area contributed by atoms with Gasteiger partial charge in [0, 0.05) is 19.4 Å². The Morgan fingerprint density at radius 2 is 2.07 bits per heavy atom. The Hall–Kier alpha value is -2.03. The zero-order valence-electron chi connectivity index (χ0n) is 15.9. The van der Waals surface area contributed by atoms with E-state index in [1.165, 1.54) is 4.70 Å². The highest BCUT2D eigenvalue weighted by molar-refractivity contribution is 7.18. The number of benzene rings is 1. The highest BCUT2D eigenvalue weighted by atomic mass is 35.5. The van der Waals surface area contributed by atoms with Gasteiger partial charge in [-0.25, -0.2) is 9.67 Å². The first-order valence-corrected chi connectivity index (χ1v) is 10.3. The summed E-state index contributed by atoms with van der Waals surface area (Å²) in [5.74, 6) is 1.72. The number of nitrogens with one attached hydrogen (secondary N) is 2. The minimum atomic E-state index is -0.0246. The Morgan fingerprint density at radius 1 is 1.29 bits per heavy atom. The smallest absolute Gasteiger partial charge is 0.227 e. The standard InChI is InChI=1S/C19H24N6OS.ClH/c1-25-19(23-18(24-25)13-9-11-20-12-10-13)22-16(26)7-4-8-17-21-14-5-2-3-6-15(14)27-17;/h2-3,5-6,13,20H,4,7-12H2,1H3,(H,22,23,24,26);1H. The number of nitrogens with zero attached hydrogens (tertiary/aromatic N) is 4. The number of amides is 1. The van der Waals surface area contributed by atoms with Gasteiger partial charge < -0.3 is 5.32 Å². The minimum Gasteiger partial charge on any atom is -0.317 e. The number of halogens is 1. The second-order valence-electron chi connectivity index (χ2n) is 6.92. The number of aromatic nitrogens is 4. The molecule has 7 nitrogen and oxygen atoms in total. The predicted molar refractivity (Wildman–Crippen MR) is 114 cm³/mol. The maximum absolute atomic E-state index is 12.3. The summed E-state index contributed by atoms with van der Waals surface area (Å²) >= 11 is 1.70. The number of thiazole rings is 1. The van der Waals surface area contributed by atoms with Crippen LogP contribution in [-0.2, 0) is 18.3 Å². The fourth-order valence-corrected chi connectivity index (χ4v) is 4.39. The van der Waals surface area contributed by atoms with Crippen LogP contribution < -0.4 is 10.6 Å². The van der Waals surface area contributed by atoms with Crippen molar-refractivity contribution in [3.05, 3.63) is 35.1 Å². The molecule has 9 heteroatoms. The van der Waals surface area contributed by atoms with Crippen LogP contribution in [0.5, 0.6) is 0 Å². The van der Waals surface area contributed by atoms with Crippen molar-refractivity contribution in [2.75, 3.05) is 18.4 Å². The topological polar surface area (TPSA) is 84.7 Å². The molecule has 0 atom stereocenters. The van der Waals surface area contributed by atoms with E-state index >= 15 is 0 Å². The third-order valence-corrected chi connectivity index (χ3v) is 5.96. The number of carbonyl (C=O) groups excluding carboxylic acids is 1. The van der Waals surface area contributed by atoms with Crippen LogP contribution in [0.3, 0.4) is 0 Å². The number of anilines is 1. The monoisotopic (exact) mass is 420 g/mol. The molecule has 1 saturated heterocycles. The summed E-state index contributed by atoms with van der Waals surface area (Å²) < 4.78 is 2.87. The fraction of sp³-hybridized carbons (Fsp3) is 0.474. The van der Waals surface area contributed by atoms with Crippen molar-refractivity contribution in [2.24, 2.45) is 7.05 Å². The first kappa shape index (κ1) is 20.7. The van der Waals surface area contributed by atoms with Gasteiger partial charge in [-0.05, 0) is 50.9 Å². The molecule has 3 aromatic rings. The number of hydrogen-bond acceptors (Lipinski definition) is 6. The van der Waals surface area contributed by atoms with Crippen LogP contribution >= 0.6 is 23.7 Å². The van der Waals surface area contributed by atoms with Crippen molar-refractivity contribution in [1.29, 1.82) is 0 Å². The molecule has 0 saturated carbocycles. The first-order valence-electron chi connectivity index (χ1n) is 9.45. The molecule has 2 N–H and O–H groups in total. The van der Waals surface area contributed by atoms with E-state index in [4.69, 9.17) is 0 Å². The molecule has 150 valence electrons. The van der Waals surface area contributed by atoms with Crippen LogP contribution in [0.15, 0.2) is 24.3 Å². The summed E-state index contributed by atoms with van der Waals surface area (Å²) in [6.07, 6.45) is 4.11. The highest BCUT2D eigenvalue weighted by Crippen LogP contribution is 2.24. The largest absolute Gasteiger partial charge is 0.317 e. The molecule has 0 aliphatic carbocycles. The van der Waals surface area contributed by atoms with Crippen LogP contribution in [-0.4, -0.2) is 38.7 Å². The van der Waals surface area contributed by atoms with Crippen LogP contribution in [0.1, 0.15) is 42.4 Å². The van der Waals surface area contributed by atoms with E-state index in [0.717, 1.165) is 55.1 Å². The lowest BCUT2D eigenvalue weighted by Crippen LogP contribution is -2.27. The van der Waals surface area contributed by atoms with E-state index in [1.54, 1.807) is 16.0 Å². The maximum Gasteiger partial charge on any atom is 0.227 e. The SMILES string of the molecule is Cl.Cn1nc(C2CCNCC2)nc1NC(=O)CCCc1nc2ccccc2s1. The molecule has 0 radical (unpaired) electrons. The molecule has 0 bridgehead atoms. The van der Waals surface area contributed by atoms with Gasteiger partial charge in [-0.2, -0.15) is 10.1 Å². The molecule has 4 rings (SSSR count).